The van der Waals surface area contributed by atoms with Crippen LogP contribution in [0.25, 0.3) is 0 Å². The zero-order chi connectivity index (χ0) is 9.56. The molecule has 72 valence electrons. The molecule has 0 aromatic rings. The van der Waals surface area contributed by atoms with Crippen molar-refractivity contribution in [2.24, 2.45) is 17.8 Å². The van der Waals surface area contributed by atoms with E-state index in [4.69, 9.17) is 0 Å². The first kappa shape index (κ1) is 11.7. The van der Waals surface area contributed by atoms with E-state index in [9.17, 15) is 0 Å². The highest BCUT2D eigenvalue weighted by molar-refractivity contribution is 4.88. The molecule has 0 N–H and O–H groups in total. The molecule has 2 unspecified atom stereocenters. The van der Waals surface area contributed by atoms with E-state index in [1.54, 1.807) is 0 Å². The molecule has 0 nitrogen and oxygen atoms in total. The van der Waals surface area contributed by atoms with Gasteiger partial charge in [-0.3, -0.25) is 0 Å². The average Bonchev–Trinajstić information content (AvgIpc) is 2.03. The monoisotopic (exact) mass is 168 g/mol. The van der Waals surface area contributed by atoms with Gasteiger partial charge in [-0.2, -0.15) is 0 Å². The number of unbranched alkanes of at least 4 members (excludes halogenated alkanes) is 1. The highest BCUT2D eigenvalue weighted by Crippen LogP contribution is 2.21. The normalized spacial score (nSPS) is 17.2. The minimum atomic E-state index is 0.733. The Morgan fingerprint density at radius 3 is 2.08 bits per heavy atom. The highest BCUT2D eigenvalue weighted by Gasteiger charge is 2.12. The van der Waals surface area contributed by atoms with Gasteiger partial charge < -0.3 is 0 Å². The summed E-state index contributed by atoms with van der Waals surface area (Å²) in [5.41, 5.74) is 0. The molecule has 0 aliphatic rings. The van der Waals surface area contributed by atoms with Gasteiger partial charge in [-0.15, -0.1) is 0 Å². The second-order valence-electron chi connectivity index (χ2n) is 4.18. The summed E-state index contributed by atoms with van der Waals surface area (Å²) in [4.78, 5) is 0. The van der Waals surface area contributed by atoms with Crippen LogP contribution in [0.2, 0.25) is 0 Å². The third-order valence-corrected chi connectivity index (χ3v) is 2.78. The van der Waals surface area contributed by atoms with E-state index in [0.717, 1.165) is 17.8 Å². The van der Waals surface area contributed by atoms with E-state index in [1.807, 2.05) is 0 Å². The van der Waals surface area contributed by atoms with Gasteiger partial charge in [-0.25, -0.2) is 0 Å². The van der Waals surface area contributed by atoms with Crippen LogP contribution in [-0.4, -0.2) is 0 Å². The van der Waals surface area contributed by atoms with Gasteiger partial charge in [0, 0.05) is 0 Å². The van der Waals surface area contributed by atoms with Crippen molar-refractivity contribution in [2.75, 3.05) is 0 Å². The van der Waals surface area contributed by atoms with E-state index in [0.29, 0.717) is 0 Å². The molecule has 0 bridgehead atoms. The fourth-order valence-electron chi connectivity index (χ4n) is 1.26. The van der Waals surface area contributed by atoms with E-state index in [1.165, 1.54) is 12.8 Å². The third kappa shape index (κ3) is 4.58. The predicted molar refractivity (Wildman–Crippen MR) is 57.2 cm³/mol. The topological polar surface area (TPSA) is 0 Å². The van der Waals surface area contributed by atoms with Gasteiger partial charge in [-0.05, 0) is 24.2 Å². The molecule has 0 aliphatic carbocycles. The van der Waals surface area contributed by atoms with Crippen molar-refractivity contribution in [3.8, 4) is 0 Å². The Hall–Kier alpha value is -0.260. The lowest BCUT2D eigenvalue weighted by atomic mass is 9.86. The predicted octanol–water partition coefficient (Wildman–Crippen LogP) is 4.27. The third-order valence-electron chi connectivity index (χ3n) is 2.78. The maximum atomic E-state index is 2.37. The van der Waals surface area contributed by atoms with Crippen LogP contribution in [-0.2, 0) is 0 Å². The highest BCUT2D eigenvalue weighted by atomic mass is 14.2. The second kappa shape index (κ2) is 6.28. The van der Waals surface area contributed by atoms with Crippen molar-refractivity contribution in [1.82, 2.24) is 0 Å². The van der Waals surface area contributed by atoms with Crippen molar-refractivity contribution in [1.29, 1.82) is 0 Å². The molecule has 0 aromatic heterocycles. The van der Waals surface area contributed by atoms with E-state index in [-0.39, 0.29) is 0 Å². The molecule has 0 heterocycles. The van der Waals surface area contributed by atoms with Crippen LogP contribution in [0.15, 0.2) is 12.2 Å². The lowest BCUT2D eigenvalue weighted by Crippen LogP contribution is -2.11. The van der Waals surface area contributed by atoms with Crippen LogP contribution in [0.4, 0.5) is 0 Å². The van der Waals surface area contributed by atoms with Crippen molar-refractivity contribution in [2.45, 2.75) is 47.5 Å². The molecular formula is C12H24. The molecule has 12 heavy (non-hydrogen) atoms. The van der Waals surface area contributed by atoms with Gasteiger partial charge in [0.2, 0.25) is 0 Å². The maximum Gasteiger partial charge on any atom is -0.0234 e. The SMILES string of the molecule is CCCC=CC(C)C(C)C(C)C. The molecule has 0 spiro atoms. The van der Waals surface area contributed by atoms with Crippen molar-refractivity contribution >= 4 is 0 Å². The minimum Gasteiger partial charge on any atom is -0.0883 e. The largest absolute Gasteiger partial charge is 0.0883 e. The van der Waals surface area contributed by atoms with Crippen molar-refractivity contribution < 1.29 is 0 Å². The molecule has 2 atom stereocenters. The fraction of sp³-hybridized carbons (Fsp3) is 0.833. The molecule has 0 heteroatoms. The summed E-state index contributed by atoms with van der Waals surface area (Å²) in [6.07, 6.45) is 7.19. The molecule has 0 amide bonds. The van der Waals surface area contributed by atoms with Gasteiger partial charge in [0.25, 0.3) is 0 Å². The Kier molecular flexibility index (Phi) is 6.14. The smallest absolute Gasteiger partial charge is 0.0234 e. The second-order valence-corrected chi connectivity index (χ2v) is 4.18. The zero-order valence-corrected chi connectivity index (χ0v) is 9.30. The molecule has 0 radical (unpaired) electrons. The summed E-state index contributed by atoms with van der Waals surface area (Å²) in [5, 5.41) is 0. The van der Waals surface area contributed by atoms with Crippen molar-refractivity contribution in [3.63, 3.8) is 0 Å². The summed E-state index contributed by atoms with van der Waals surface area (Å²) in [6.45, 7) is 11.5. The Bertz CT molecular complexity index is 122. The quantitative estimate of drug-likeness (QED) is 0.538. The van der Waals surface area contributed by atoms with Gasteiger partial charge in [0.05, 0.1) is 0 Å². The summed E-state index contributed by atoms with van der Waals surface area (Å²) < 4.78 is 0. The number of hydrogen-bond acceptors (Lipinski definition) is 0. The van der Waals surface area contributed by atoms with Crippen LogP contribution in [0.1, 0.15) is 47.5 Å². The van der Waals surface area contributed by atoms with Gasteiger partial charge in [0.1, 0.15) is 0 Å². The van der Waals surface area contributed by atoms with Crippen LogP contribution in [0.3, 0.4) is 0 Å². The Morgan fingerprint density at radius 2 is 1.67 bits per heavy atom. The summed E-state index contributed by atoms with van der Waals surface area (Å²) in [5.74, 6) is 2.33. The first-order valence-electron chi connectivity index (χ1n) is 5.26. The lowest BCUT2D eigenvalue weighted by molar-refractivity contribution is 0.342. The van der Waals surface area contributed by atoms with Crippen LogP contribution >= 0.6 is 0 Å². The Balaban J connectivity index is 3.77. The van der Waals surface area contributed by atoms with Gasteiger partial charge in [0.15, 0.2) is 0 Å². The van der Waals surface area contributed by atoms with Crippen LogP contribution in [0, 0.1) is 17.8 Å². The minimum absolute atomic E-state index is 0.733. The van der Waals surface area contributed by atoms with E-state index >= 15 is 0 Å². The molecule has 0 saturated heterocycles. The van der Waals surface area contributed by atoms with Crippen LogP contribution < -0.4 is 0 Å². The van der Waals surface area contributed by atoms with Crippen molar-refractivity contribution in [3.05, 3.63) is 12.2 Å². The summed E-state index contributed by atoms with van der Waals surface area (Å²) in [6, 6.07) is 0. The molecule has 0 aliphatic heterocycles. The number of hydrogen-bond donors (Lipinski definition) is 0. The Labute approximate surface area is 78.1 Å². The molecular weight excluding hydrogens is 144 g/mol. The number of rotatable bonds is 5. The van der Waals surface area contributed by atoms with E-state index < -0.39 is 0 Å². The first-order valence-corrected chi connectivity index (χ1v) is 5.26. The van der Waals surface area contributed by atoms with Gasteiger partial charge in [-0.1, -0.05) is 53.2 Å². The molecule has 0 rings (SSSR count). The van der Waals surface area contributed by atoms with Gasteiger partial charge >= 0.3 is 0 Å². The fourth-order valence-corrected chi connectivity index (χ4v) is 1.26. The lowest BCUT2D eigenvalue weighted by Gasteiger charge is -2.20. The zero-order valence-electron chi connectivity index (χ0n) is 9.30. The summed E-state index contributed by atoms with van der Waals surface area (Å²) >= 11 is 0. The molecule has 0 fully saturated rings. The van der Waals surface area contributed by atoms with E-state index in [2.05, 4.69) is 46.8 Å². The van der Waals surface area contributed by atoms with Crippen LogP contribution in [0.5, 0.6) is 0 Å². The maximum absolute atomic E-state index is 2.37. The Morgan fingerprint density at radius 1 is 1.08 bits per heavy atom. The number of allylic oxidation sites excluding steroid dienone is 2. The average molecular weight is 168 g/mol. The standard InChI is InChI=1S/C12H24/c1-6-7-8-9-11(4)12(5)10(2)3/h8-12H,6-7H2,1-5H3. The first-order chi connectivity index (χ1) is 5.59. The summed E-state index contributed by atoms with van der Waals surface area (Å²) in [7, 11) is 0. The molecule has 0 saturated carbocycles. The molecule has 0 aromatic carbocycles.